The van der Waals surface area contributed by atoms with Crippen molar-refractivity contribution in [1.29, 1.82) is 0 Å². The summed E-state index contributed by atoms with van der Waals surface area (Å²) in [6.07, 6.45) is 11.0. The zero-order valence-corrected chi connectivity index (χ0v) is 18.5. The summed E-state index contributed by atoms with van der Waals surface area (Å²) in [4.78, 5) is 14.1. The standard InChI is InChI=1S/C23H38N6O/c1-24-22(26-18-20-7-10-25-21(17-20)28-11-5-6-12-28)27-19-23(8-3-2-4-9-23)29-13-15-30-16-14-29/h7,10,17H,2-6,8-9,11-16,18-19H2,1H3,(H2,24,26,27). The first-order valence-electron chi connectivity index (χ1n) is 11.8. The van der Waals surface area contributed by atoms with Gasteiger partial charge in [0.05, 0.1) is 13.2 Å². The number of hydrogen-bond acceptors (Lipinski definition) is 5. The van der Waals surface area contributed by atoms with Crippen LogP contribution in [0, 0.1) is 0 Å². The zero-order valence-electron chi connectivity index (χ0n) is 18.5. The van der Waals surface area contributed by atoms with E-state index in [1.807, 2.05) is 13.2 Å². The van der Waals surface area contributed by atoms with Crippen LogP contribution in [-0.2, 0) is 11.3 Å². The molecule has 30 heavy (non-hydrogen) atoms. The third kappa shape index (κ3) is 5.24. The van der Waals surface area contributed by atoms with Gasteiger partial charge >= 0.3 is 0 Å². The third-order valence-corrected chi connectivity index (χ3v) is 6.97. The molecule has 0 aromatic carbocycles. The maximum absolute atomic E-state index is 5.61. The molecule has 1 aliphatic carbocycles. The summed E-state index contributed by atoms with van der Waals surface area (Å²) in [5.74, 6) is 1.98. The molecule has 0 spiro atoms. The molecule has 166 valence electrons. The summed E-state index contributed by atoms with van der Waals surface area (Å²) in [5, 5.41) is 7.16. The van der Waals surface area contributed by atoms with Crippen molar-refractivity contribution in [2.24, 2.45) is 4.99 Å². The van der Waals surface area contributed by atoms with E-state index < -0.39 is 0 Å². The molecule has 0 amide bonds. The van der Waals surface area contributed by atoms with Crippen LogP contribution in [0.1, 0.15) is 50.5 Å². The Hall–Kier alpha value is -1.86. The van der Waals surface area contributed by atoms with E-state index in [1.54, 1.807) is 0 Å². The highest BCUT2D eigenvalue weighted by Crippen LogP contribution is 2.33. The molecular formula is C23H38N6O. The molecule has 2 N–H and O–H groups in total. The number of hydrogen-bond donors (Lipinski definition) is 2. The zero-order chi connectivity index (χ0) is 20.7. The molecule has 3 aliphatic rings. The maximum Gasteiger partial charge on any atom is 0.191 e. The summed E-state index contributed by atoms with van der Waals surface area (Å²) < 4.78 is 5.61. The van der Waals surface area contributed by atoms with E-state index in [1.165, 1.54) is 50.5 Å². The van der Waals surface area contributed by atoms with Crippen molar-refractivity contribution < 1.29 is 4.74 Å². The van der Waals surface area contributed by atoms with Crippen molar-refractivity contribution in [1.82, 2.24) is 20.5 Å². The molecule has 1 aromatic rings. The molecule has 0 radical (unpaired) electrons. The van der Waals surface area contributed by atoms with Crippen LogP contribution < -0.4 is 15.5 Å². The minimum atomic E-state index is 0.235. The Kier molecular flexibility index (Phi) is 7.44. The molecule has 0 bridgehead atoms. The van der Waals surface area contributed by atoms with Crippen LogP contribution in [0.4, 0.5) is 5.82 Å². The van der Waals surface area contributed by atoms with Gasteiger partial charge in [0, 0.05) is 58.1 Å². The molecule has 0 unspecified atom stereocenters. The van der Waals surface area contributed by atoms with Crippen molar-refractivity contribution >= 4 is 11.8 Å². The number of aliphatic imine (C=N–C) groups is 1. The SMILES string of the molecule is CN=C(NCc1ccnc(N2CCCC2)c1)NCC1(N2CCOCC2)CCCCC1. The van der Waals surface area contributed by atoms with Crippen molar-refractivity contribution in [2.75, 3.05) is 57.9 Å². The van der Waals surface area contributed by atoms with Crippen LogP contribution in [0.2, 0.25) is 0 Å². The van der Waals surface area contributed by atoms with Crippen LogP contribution in [-0.4, -0.2) is 74.4 Å². The van der Waals surface area contributed by atoms with Gasteiger partial charge in [-0.2, -0.15) is 0 Å². The lowest BCUT2D eigenvalue weighted by Crippen LogP contribution is -2.60. The van der Waals surface area contributed by atoms with Gasteiger partial charge in [-0.3, -0.25) is 9.89 Å². The highest BCUT2D eigenvalue weighted by molar-refractivity contribution is 5.79. The van der Waals surface area contributed by atoms with Gasteiger partial charge in [-0.25, -0.2) is 4.98 Å². The molecule has 2 saturated heterocycles. The van der Waals surface area contributed by atoms with Gasteiger partial charge in [0.1, 0.15) is 5.82 Å². The molecule has 3 heterocycles. The number of anilines is 1. The fourth-order valence-electron chi connectivity index (χ4n) is 5.20. The summed E-state index contributed by atoms with van der Waals surface area (Å²) in [7, 11) is 1.86. The quantitative estimate of drug-likeness (QED) is 0.550. The lowest BCUT2D eigenvalue weighted by atomic mass is 9.80. The topological polar surface area (TPSA) is 65.0 Å². The molecule has 7 nitrogen and oxygen atoms in total. The number of ether oxygens (including phenoxy) is 1. The Morgan fingerprint density at radius 1 is 1.07 bits per heavy atom. The molecule has 7 heteroatoms. The normalized spacial score (nSPS) is 22.8. The Morgan fingerprint density at radius 2 is 1.83 bits per heavy atom. The van der Waals surface area contributed by atoms with E-state index >= 15 is 0 Å². The number of morpholine rings is 1. The van der Waals surface area contributed by atoms with Crippen molar-refractivity contribution in [3.8, 4) is 0 Å². The van der Waals surface area contributed by atoms with Crippen LogP contribution in [0.25, 0.3) is 0 Å². The second-order valence-corrected chi connectivity index (χ2v) is 8.88. The molecule has 0 atom stereocenters. The van der Waals surface area contributed by atoms with E-state index in [9.17, 15) is 0 Å². The fourth-order valence-corrected chi connectivity index (χ4v) is 5.20. The van der Waals surface area contributed by atoms with E-state index in [-0.39, 0.29) is 5.54 Å². The van der Waals surface area contributed by atoms with Gasteiger partial charge in [-0.15, -0.1) is 0 Å². The van der Waals surface area contributed by atoms with E-state index in [2.05, 4.69) is 42.5 Å². The second kappa shape index (κ2) is 10.4. The van der Waals surface area contributed by atoms with Crippen LogP contribution in [0.5, 0.6) is 0 Å². The lowest BCUT2D eigenvalue weighted by Gasteiger charge is -2.48. The molecule has 1 aromatic heterocycles. The first kappa shape index (κ1) is 21.4. The number of nitrogens with zero attached hydrogens (tertiary/aromatic N) is 4. The summed E-state index contributed by atoms with van der Waals surface area (Å²) in [6, 6.07) is 4.30. The maximum atomic E-state index is 5.61. The lowest BCUT2D eigenvalue weighted by molar-refractivity contribution is -0.0352. The van der Waals surface area contributed by atoms with Gasteiger partial charge in [0.15, 0.2) is 5.96 Å². The van der Waals surface area contributed by atoms with Gasteiger partial charge in [-0.1, -0.05) is 19.3 Å². The minimum Gasteiger partial charge on any atom is -0.379 e. The summed E-state index contributed by atoms with van der Waals surface area (Å²) in [5.41, 5.74) is 1.48. The Morgan fingerprint density at radius 3 is 2.57 bits per heavy atom. The predicted molar refractivity (Wildman–Crippen MR) is 122 cm³/mol. The minimum absolute atomic E-state index is 0.235. The van der Waals surface area contributed by atoms with E-state index in [0.29, 0.717) is 0 Å². The van der Waals surface area contributed by atoms with Gasteiger partial charge in [-0.05, 0) is 43.4 Å². The third-order valence-electron chi connectivity index (χ3n) is 6.97. The summed E-state index contributed by atoms with van der Waals surface area (Å²) >= 11 is 0. The largest absolute Gasteiger partial charge is 0.379 e. The molecule has 4 rings (SSSR count). The van der Waals surface area contributed by atoms with Crippen LogP contribution >= 0.6 is 0 Å². The first-order chi connectivity index (χ1) is 14.8. The monoisotopic (exact) mass is 414 g/mol. The van der Waals surface area contributed by atoms with Crippen molar-refractivity contribution in [3.05, 3.63) is 23.9 Å². The molecular weight excluding hydrogens is 376 g/mol. The number of guanidine groups is 1. The van der Waals surface area contributed by atoms with Crippen molar-refractivity contribution in [3.63, 3.8) is 0 Å². The number of aromatic nitrogens is 1. The fraction of sp³-hybridized carbons (Fsp3) is 0.739. The smallest absolute Gasteiger partial charge is 0.191 e. The predicted octanol–water partition coefficient (Wildman–Crippen LogP) is 2.38. The molecule has 1 saturated carbocycles. The highest BCUT2D eigenvalue weighted by atomic mass is 16.5. The second-order valence-electron chi connectivity index (χ2n) is 8.88. The van der Waals surface area contributed by atoms with Crippen molar-refractivity contribution in [2.45, 2.75) is 57.0 Å². The molecule has 2 aliphatic heterocycles. The highest BCUT2D eigenvalue weighted by Gasteiger charge is 2.38. The van der Waals surface area contributed by atoms with E-state index in [0.717, 1.165) is 64.3 Å². The average Bonchev–Trinajstić information content (AvgIpc) is 3.36. The molecule has 3 fully saturated rings. The summed E-state index contributed by atoms with van der Waals surface area (Å²) in [6.45, 7) is 7.75. The van der Waals surface area contributed by atoms with Crippen LogP contribution in [0.3, 0.4) is 0 Å². The number of rotatable bonds is 6. The Bertz CT molecular complexity index is 691. The number of nitrogens with one attached hydrogen (secondary N) is 2. The average molecular weight is 415 g/mol. The first-order valence-corrected chi connectivity index (χ1v) is 11.8. The Balaban J connectivity index is 1.33. The Labute approximate surface area is 181 Å². The van der Waals surface area contributed by atoms with Gasteiger partial charge in [0.2, 0.25) is 0 Å². The van der Waals surface area contributed by atoms with E-state index in [4.69, 9.17) is 4.74 Å². The van der Waals surface area contributed by atoms with Gasteiger partial charge in [0.25, 0.3) is 0 Å². The number of pyridine rings is 1. The van der Waals surface area contributed by atoms with Crippen LogP contribution in [0.15, 0.2) is 23.3 Å². The van der Waals surface area contributed by atoms with Gasteiger partial charge < -0.3 is 20.3 Å².